The normalized spacial score (nSPS) is 12.1. The van der Waals surface area contributed by atoms with Gasteiger partial charge in [0.2, 0.25) is 0 Å². The van der Waals surface area contributed by atoms with Gasteiger partial charge in [-0.1, -0.05) is 0 Å². The van der Waals surface area contributed by atoms with E-state index in [1.165, 1.54) is 7.11 Å². The molecule has 0 aliphatic heterocycles. The molecule has 1 aromatic heterocycles. The molecule has 0 saturated heterocycles. The van der Waals surface area contributed by atoms with Crippen LogP contribution in [0.4, 0.5) is 0 Å². The van der Waals surface area contributed by atoms with Crippen LogP contribution in [0.3, 0.4) is 0 Å². The average molecular weight is 226 g/mol. The Morgan fingerprint density at radius 1 is 1.62 bits per heavy atom. The van der Waals surface area contributed by atoms with Crippen LogP contribution in [0.15, 0.2) is 12.4 Å². The molecule has 6 nitrogen and oxygen atoms in total. The van der Waals surface area contributed by atoms with Crippen molar-refractivity contribution >= 4 is 11.9 Å². The van der Waals surface area contributed by atoms with Crippen molar-refractivity contribution in [2.45, 2.75) is 12.8 Å². The number of esters is 1. The number of aliphatic carboxylic acids is 1. The summed E-state index contributed by atoms with van der Waals surface area (Å²) in [6.45, 7) is 0. The molecule has 88 valence electrons. The van der Waals surface area contributed by atoms with E-state index in [1.807, 2.05) is 0 Å². The fourth-order valence-corrected chi connectivity index (χ4v) is 1.40. The number of carbonyl (C=O) groups excluding carboxylic acids is 1. The van der Waals surface area contributed by atoms with Crippen molar-refractivity contribution in [2.75, 3.05) is 7.11 Å². The maximum atomic E-state index is 11.2. The molecule has 1 unspecified atom stereocenters. The van der Waals surface area contributed by atoms with Crippen LogP contribution in [0.25, 0.3) is 0 Å². The summed E-state index contributed by atoms with van der Waals surface area (Å²) in [5.41, 5.74) is 0.901. The second-order valence-electron chi connectivity index (χ2n) is 3.47. The number of hydrogen-bond donors (Lipinski definition) is 1. The van der Waals surface area contributed by atoms with E-state index in [4.69, 9.17) is 5.11 Å². The van der Waals surface area contributed by atoms with Gasteiger partial charge in [-0.2, -0.15) is 5.10 Å². The van der Waals surface area contributed by atoms with Crippen LogP contribution in [0.2, 0.25) is 0 Å². The summed E-state index contributed by atoms with van der Waals surface area (Å²) >= 11 is 0. The summed E-state index contributed by atoms with van der Waals surface area (Å²) < 4.78 is 6.05. The van der Waals surface area contributed by atoms with Crippen LogP contribution in [-0.2, 0) is 27.8 Å². The van der Waals surface area contributed by atoms with Gasteiger partial charge in [-0.15, -0.1) is 0 Å². The topological polar surface area (TPSA) is 81.4 Å². The predicted octanol–water partition coefficient (Wildman–Crippen LogP) is 0.226. The van der Waals surface area contributed by atoms with Gasteiger partial charge in [0.25, 0.3) is 0 Å². The number of aromatic nitrogens is 2. The van der Waals surface area contributed by atoms with Gasteiger partial charge in [-0.3, -0.25) is 14.3 Å². The Morgan fingerprint density at radius 3 is 2.75 bits per heavy atom. The molecule has 1 aromatic rings. The molecule has 0 aliphatic carbocycles. The Balaban J connectivity index is 2.57. The first kappa shape index (κ1) is 12.2. The second kappa shape index (κ2) is 5.29. The molecule has 0 saturated carbocycles. The first-order valence-electron chi connectivity index (χ1n) is 4.82. The number of carboxylic acid groups (broad SMARTS) is 1. The molecule has 0 spiro atoms. The molecule has 0 fully saturated rings. The van der Waals surface area contributed by atoms with Crippen molar-refractivity contribution in [1.29, 1.82) is 0 Å². The van der Waals surface area contributed by atoms with E-state index in [0.29, 0.717) is 6.42 Å². The van der Waals surface area contributed by atoms with E-state index in [-0.39, 0.29) is 6.42 Å². The zero-order chi connectivity index (χ0) is 12.1. The number of ether oxygens (including phenoxy) is 1. The van der Waals surface area contributed by atoms with E-state index < -0.39 is 17.9 Å². The van der Waals surface area contributed by atoms with E-state index in [9.17, 15) is 9.59 Å². The van der Waals surface area contributed by atoms with Gasteiger partial charge in [0.05, 0.1) is 13.3 Å². The summed E-state index contributed by atoms with van der Waals surface area (Å²) in [4.78, 5) is 22.0. The number of hydrogen-bond acceptors (Lipinski definition) is 4. The molecule has 0 aliphatic rings. The van der Waals surface area contributed by atoms with Crippen molar-refractivity contribution in [1.82, 2.24) is 9.78 Å². The summed E-state index contributed by atoms with van der Waals surface area (Å²) in [6, 6.07) is 0. The zero-order valence-corrected chi connectivity index (χ0v) is 9.21. The Morgan fingerprint density at radius 2 is 2.31 bits per heavy atom. The van der Waals surface area contributed by atoms with Crippen LogP contribution in [0.1, 0.15) is 12.0 Å². The van der Waals surface area contributed by atoms with Crippen molar-refractivity contribution in [3.05, 3.63) is 18.0 Å². The Hall–Kier alpha value is -1.85. The number of carbonyl (C=O) groups is 2. The van der Waals surface area contributed by atoms with Gasteiger partial charge in [0, 0.05) is 13.2 Å². The predicted molar refractivity (Wildman–Crippen MR) is 54.7 cm³/mol. The Kier molecular flexibility index (Phi) is 4.04. The number of methoxy groups -OCH3 is 1. The lowest BCUT2D eigenvalue weighted by Gasteiger charge is -2.08. The van der Waals surface area contributed by atoms with Crippen LogP contribution in [0.5, 0.6) is 0 Å². The highest BCUT2D eigenvalue weighted by Gasteiger charge is 2.26. The SMILES string of the molecule is COC(=O)C(CCc1cnn(C)c1)C(=O)O. The highest BCUT2D eigenvalue weighted by molar-refractivity contribution is 5.93. The summed E-state index contributed by atoms with van der Waals surface area (Å²) in [5, 5.41) is 12.8. The molecule has 1 heterocycles. The zero-order valence-electron chi connectivity index (χ0n) is 9.21. The Bertz CT molecular complexity index is 386. The molecule has 16 heavy (non-hydrogen) atoms. The molecular formula is C10H14N2O4. The first-order valence-corrected chi connectivity index (χ1v) is 4.82. The standard InChI is InChI=1S/C10H14N2O4/c1-12-6-7(5-11-12)3-4-8(9(13)14)10(15)16-2/h5-6,8H,3-4H2,1-2H3,(H,13,14). The summed E-state index contributed by atoms with van der Waals surface area (Å²) in [6.07, 6.45) is 4.14. The second-order valence-corrected chi connectivity index (χ2v) is 3.47. The fraction of sp³-hybridized carbons (Fsp3) is 0.500. The van der Waals surface area contributed by atoms with Crippen LogP contribution in [-0.4, -0.2) is 33.9 Å². The third kappa shape index (κ3) is 3.08. The molecule has 1 atom stereocenters. The molecule has 0 aromatic carbocycles. The van der Waals surface area contributed by atoms with Gasteiger partial charge in [0.15, 0.2) is 5.92 Å². The van der Waals surface area contributed by atoms with Gasteiger partial charge >= 0.3 is 11.9 Å². The lowest BCUT2D eigenvalue weighted by atomic mass is 10.0. The lowest BCUT2D eigenvalue weighted by Crippen LogP contribution is -2.25. The third-order valence-corrected chi connectivity index (χ3v) is 2.26. The molecule has 0 bridgehead atoms. The van der Waals surface area contributed by atoms with Crippen LogP contribution >= 0.6 is 0 Å². The summed E-state index contributed by atoms with van der Waals surface area (Å²) in [5.74, 6) is -2.97. The van der Waals surface area contributed by atoms with E-state index in [1.54, 1.807) is 24.1 Å². The molecule has 1 rings (SSSR count). The number of nitrogens with zero attached hydrogens (tertiary/aromatic N) is 2. The molecular weight excluding hydrogens is 212 g/mol. The molecule has 6 heteroatoms. The quantitative estimate of drug-likeness (QED) is 0.574. The van der Waals surface area contributed by atoms with E-state index >= 15 is 0 Å². The van der Waals surface area contributed by atoms with E-state index in [0.717, 1.165) is 5.56 Å². The monoisotopic (exact) mass is 226 g/mol. The highest BCUT2D eigenvalue weighted by Crippen LogP contribution is 2.11. The Labute approximate surface area is 92.8 Å². The van der Waals surface area contributed by atoms with Crippen LogP contribution in [0, 0.1) is 5.92 Å². The van der Waals surface area contributed by atoms with Gasteiger partial charge in [-0.05, 0) is 18.4 Å². The van der Waals surface area contributed by atoms with Crippen LogP contribution < -0.4 is 0 Å². The van der Waals surface area contributed by atoms with Crippen molar-refractivity contribution in [3.8, 4) is 0 Å². The number of rotatable bonds is 5. The minimum absolute atomic E-state index is 0.216. The minimum Gasteiger partial charge on any atom is -0.481 e. The van der Waals surface area contributed by atoms with Gasteiger partial charge in [-0.25, -0.2) is 0 Å². The number of carboxylic acids is 1. The van der Waals surface area contributed by atoms with Gasteiger partial charge < -0.3 is 9.84 Å². The van der Waals surface area contributed by atoms with Crippen molar-refractivity contribution in [3.63, 3.8) is 0 Å². The average Bonchev–Trinajstić information content (AvgIpc) is 2.63. The smallest absolute Gasteiger partial charge is 0.320 e. The molecule has 0 amide bonds. The molecule has 1 N–H and O–H groups in total. The van der Waals surface area contributed by atoms with Crippen molar-refractivity contribution in [2.24, 2.45) is 13.0 Å². The fourth-order valence-electron chi connectivity index (χ4n) is 1.40. The molecule has 0 radical (unpaired) electrons. The first-order chi connectivity index (χ1) is 7.54. The van der Waals surface area contributed by atoms with E-state index in [2.05, 4.69) is 9.84 Å². The lowest BCUT2D eigenvalue weighted by molar-refractivity contribution is -0.156. The highest BCUT2D eigenvalue weighted by atomic mass is 16.5. The third-order valence-electron chi connectivity index (χ3n) is 2.26. The minimum atomic E-state index is -1.16. The number of aryl methyl sites for hydroxylation is 2. The largest absolute Gasteiger partial charge is 0.481 e. The maximum absolute atomic E-state index is 11.2. The van der Waals surface area contributed by atoms with Crippen molar-refractivity contribution < 1.29 is 19.4 Å². The maximum Gasteiger partial charge on any atom is 0.320 e. The van der Waals surface area contributed by atoms with Gasteiger partial charge in [0.1, 0.15) is 0 Å². The summed E-state index contributed by atoms with van der Waals surface area (Å²) in [7, 11) is 2.96.